The summed E-state index contributed by atoms with van der Waals surface area (Å²) in [6.45, 7) is 3.83. The molecule has 1 N–H and O–H groups in total. The molecule has 0 saturated carbocycles. The fourth-order valence-corrected chi connectivity index (χ4v) is 2.36. The lowest BCUT2D eigenvalue weighted by atomic mass is 10.4. The van der Waals surface area contributed by atoms with Crippen molar-refractivity contribution < 1.29 is 4.74 Å². The Morgan fingerprint density at radius 2 is 2.11 bits per heavy atom. The number of nitrogens with zero attached hydrogens (tertiary/aromatic N) is 3. The van der Waals surface area contributed by atoms with Crippen LogP contribution < -0.4 is 10.1 Å². The predicted octanol–water partition coefficient (Wildman–Crippen LogP) is 3.08. The lowest BCUT2D eigenvalue weighted by Crippen LogP contribution is -2.11. The molecule has 2 aromatic rings. The van der Waals surface area contributed by atoms with E-state index in [1.165, 1.54) is 11.3 Å². The first kappa shape index (κ1) is 13.0. The van der Waals surface area contributed by atoms with E-state index in [1.54, 1.807) is 7.05 Å². The maximum atomic E-state index is 6.08. The topological polar surface area (TPSA) is 59.9 Å². The zero-order valence-electron chi connectivity index (χ0n) is 10.3. The molecule has 0 aliphatic rings. The Bertz CT molecular complexity index is 544. The number of ether oxygens (including phenoxy) is 1. The predicted molar refractivity (Wildman–Crippen MR) is 73.5 cm³/mol. The van der Waals surface area contributed by atoms with Crippen LogP contribution in [0.5, 0.6) is 6.01 Å². The standard InChI is InChI=1S/C11H13ClN4OS/c1-6(2)17-11-15-9(14-10(13-3)16-11)8-7(12)4-5-18-8/h4-6H,1-3H3,(H,13,14,15,16). The minimum Gasteiger partial charge on any atom is -0.461 e. The Morgan fingerprint density at radius 3 is 2.67 bits per heavy atom. The molecule has 0 aliphatic heterocycles. The summed E-state index contributed by atoms with van der Waals surface area (Å²) in [5.41, 5.74) is 0. The molecule has 2 heterocycles. The summed E-state index contributed by atoms with van der Waals surface area (Å²) in [4.78, 5) is 13.5. The van der Waals surface area contributed by atoms with Crippen LogP contribution >= 0.6 is 22.9 Å². The van der Waals surface area contributed by atoms with E-state index >= 15 is 0 Å². The van der Waals surface area contributed by atoms with Crippen LogP contribution in [0.15, 0.2) is 11.4 Å². The average molecular weight is 285 g/mol. The summed E-state index contributed by atoms with van der Waals surface area (Å²) in [6.07, 6.45) is 0.00348. The molecule has 2 rings (SSSR count). The fourth-order valence-electron chi connectivity index (χ4n) is 1.29. The van der Waals surface area contributed by atoms with Gasteiger partial charge < -0.3 is 10.1 Å². The number of hydrogen-bond donors (Lipinski definition) is 1. The van der Waals surface area contributed by atoms with Crippen LogP contribution in [0.3, 0.4) is 0 Å². The number of halogens is 1. The summed E-state index contributed by atoms with van der Waals surface area (Å²) in [7, 11) is 1.74. The Kier molecular flexibility index (Phi) is 3.98. The summed E-state index contributed by atoms with van der Waals surface area (Å²) in [6, 6.07) is 2.11. The van der Waals surface area contributed by atoms with Gasteiger partial charge in [0, 0.05) is 7.05 Å². The van der Waals surface area contributed by atoms with Gasteiger partial charge in [0.25, 0.3) is 0 Å². The molecule has 0 atom stereocenters. The zero-order chi connectivity index (χ0) is 13.1. The van der Waals surface area contributed by atoms with Crippen molar-refractivity contribution in [3.05, 3.63) is 16.5 Å². The molecule has 96 valence electrons. The van der Waals surface area contributed by atoms with Crippen LogP contribution in [0.2, 0.25) is 5.02 Å². The van der Waals surface area contributed by atoms with Gasteiger partial charge >= 0.3 is 6.01 Å². The number of hydrogen-bond acceptors (Lipinski definition) is 6. The van der Waals surface area contributed by atoms with Crippen LogP contribution in [-0.4, -0.2) is 28.1 Å². The molecule has 0 radical (unpaired) electrons. The number of thiophene rings is 1. The molecular weight excluding hydrogens is 272 g/mol. The largest absolute Gasteiger partial charge is 0.461 e. The second kappa shape index (κ2) is 5.49. The molecule has 0 saturated heterocycles. The number of anilines is 1. The molecule has 7 heteroatoms. The quantitative estimate of drug-likeness (QED) is 0.935. The monoisotopic (exact) mass is 284 g/mol. The van der Waals surface area contributed by atoms with E-state index < -0.39 is 0 Å². The van der Waals surface area contributed by atoms with Crippen molar-refractivity contribution in [2.45, 2.75) is 20.0 Å². The highest BCUT2D eigenvalue weighted by molar-refractivity contribution is 7.14. The lowest BCUT2D eigenvalue weighted by molar-refractivity contribution is 0.222. The molecule has 5 nitrogen and oxygen atoms in total. The first-order valence-electron chi connectivity index (χ1n) is 5.44. The van der Waals surface area contributed by atoms with E-state index in [-0.39, 0.29) is 6.10 Å². The molecule has 0 bridgehead atoms. The van der Waals surface area contributed by atoms with Gasteiger partial charge in [0.15, 0.2) is 5.82 Å². The molecular formula is C11H13ClN4OS. The van der Waals surface area contributed by atoms with E-state index in [9.17, 15) is 0 Å². The third-order valence-corrected chi connectivity index (χ3v) is 3.34. The number of aromatic nitrogens is 3. The summed E-state index contributed by atoms with van der Waals surface area (Å²) >= 11 is 7.56. The fraction of sp³-hybridized carbons (Fsp3) is 0.364. The first-order valence-corrected chi connectivity index (χ1v) is 6.69. The molecule has 0 fully saturated rings. The van der Waals surface area contributed by atoms with Crippen LogP contribution in [0.25, 0.3) is 10.7 Å². The summed E-state index contributed by atoms with van der Waals surface area (Å²) in [5, 5.41) is 5.40. The number of rotatable bonds is 4. The normalized spacial score (nSPS) is 10.7. The smallest absolute Gasteiger partial charge is 0.322 e. The van der Waals surface area contributed by atoms with Gasteiger partial charge in [0.05, 0.1) is 16.0 Å². The minimum atomic E-state index is 0.00348. The van der Waals surface area contributed by atoms with Crippen molar-refractivity contribution >= 4 is 28.9 Å². The van der Waals surface area contributed by atoms with Crippen molar-refractivity contribution in [2.24, 2.45) is 0 Å². The SMILES string of the molecule is CNc1nc(OC(C)C)nc(-c2sccc2Cl)n1. The van der Waals surface area contributed by atoms with Crippen molar-refractivity contribution in [2.75, 3.05) is 12.4 Å². The van der Waals surface area contributed by atoms with Gasteiger partial charge in [-0.25, -0.2) is 0 Å². The molecule has 0 unspecified atom stereocenters. The molecule has 2 aromatic heterocycles. The number of nitrogens with one attached hydrogen (secondary N) is 1. The lowest BCUT2D eigenvalue weighted by Gasteiger charge is -2.09. The van der Waals surface area contributed by atoms with Crippen molar-refractivity contribution in [3.63, 3.8) is 0 Å². The maximum absolute atomic E-state index is 6.08. The third-order valence-electron chi connectivity index (χ3n) is 2.00. The third kappa shape index (κ3) is 2.88. The second-order valence-corrected chi connectivity index (χ2v) is 5.10. The highest BCUT2D eigenvalue weighted by Crippen LogP contribution is 2.31. The van der Waals surface area contributed by atoms with Gasteiger partial charge in [-0.2, -0.15) is 15.0 Å². The van der Waals surface area contributed by atoms with Crippen molar-refractivity contribution in [1.29, 1.82) is 0 Å². The van der Waals surface area contributed by atoms with Crippen molar-refractivity contribution in [3.8, 4) is 16.7 Å². The first-order chi connectivity index (χ1) is 8.60. The summed E-state index contributed by atoms with van der Waals surface area (Å²) < 4.78 is 5.49. The van der Waals surface area contributed by atoms with Gasteiger partial charge in [-0.15, -0.1) is 11.3 Å². The van der Waals surface area contributed by atoms with Gasteiger partial charge in [-0.05, 0) is 25.3 Å². The highest BCUT2D eigenvalue weighted by atomic mass is 35.5. The van der Waals surface area contributed by atoms with Gasteiger partial charge in [-0.3, -0.25) is 0 Å². The van der Waals surface area contributed by atoms with E-state index in [4.69, 9.17) is 16.3 Å². The summed E-state index contributed by atoms with van der Waals surface area (Å²) in [5.74, 6) is 0.977. The van der Waals surface area contributed by atoms with Crippen LogP contribution in [0, 0.1) is 0 Å². The Balaban J connectivity index is 2.44. The Morgan fingerprint density at radius 1 is 1.33 bits per heavy atom. The average Bonchev–Trinajstić information content (AvgIpc) is 2.74. The van der Waals surface area contributed by atoms with E-state index in [0.717, 1.165) is 4.88 Å². The van der Waals surface area contributed by atoms with Crippen LogP contribution in [0.1, 0.15) is 13.8 Å². The van der Waals surface area contributed by atoms with Gasteiger partial charge in [-0.1, -0.05) is 11.6 Å². The maximum Gasteiger partial charge on any atom is 0.322 e. The second-order valence-electron chi connectivity index (χ2n) is 3.78. The zero-order valence-corrected chi connectivity index (χ0v) is 11.8. The molecule has 0 aromatic carbocycles. The van der Waals surface area contributed by atoms with E-state index in [2.05, 4.69) is 20.3 Å². The van der Waals surface area contributed by atoms with Gasteiger partial charge in [0.2, 0.25) is 5.95 Å². The van der Waals surface area contributed by atoms with E-state index in [0.29, 0.717) is 22.8 Å². The molecule has 18 heavy (non-hydrogen) atoms. The molecule has 0 aliphatic carbocycles. The highest BCUT2D eigenvalue weighted by Gasteiger charge is 2.13. The molecule has 0 amide bonds. The van der Waals surface area contributed by atoms with Crippen LogP contribution in [0.4, 0.5) is 5.95 Å². The van der Waals surface area contributed by atoms with E-state index in [1.807, 2.05) is 25.3 Å². The Hall–Kier alpha value is -1.40. The van der Waals surface area contributed by atoms with Crippen LogP contribution in [-0.2, 0) is 0 Å². The molecule has 0 spiro atoms. The van der Waals surface area contributed by atoms with Crippen molar-refractivity contribution in [1.82, 2.24) is 15.0 Å². The minimum absolute atomic E-state index is 0.00348. The van der Waals surface area contributed by atoms with Gasteiger partial charge in [0.1, 0.15) is 0 Å². The Labute approximate surface area is 114 Å².